The predicted octanol–water partition coefficient (Wildman–Crippen LogP) is 3.40. The first-order chi connectivity index (χ1) is 8.43. The van der Waals surface area contributed by atoms with Gasteiger partial charge in [0.15, 0.2) is 5.76 Å². The van der Waals surface area contributed by atoms with Crippen molar-refractivity contribution in [2.45, 2.75) is 0 Å². The number of aromatic nitrogens is 2. The zero-order chi connectivity index (χ0) is 11.5. The van der Waals surface area contributed by atoms with Crippen LogP contribution in [0.2, 0.25) is 0 Å². The Morgan fingerprint density at radius 3 is 2.35 bits per heavy atom. The molecule has 0 unspecified atom stereocenters. The second kappa shape index (κ2) is 4.22. The molecule has 0 saturated heterocycles. The Labute approximate surface area is 98.7 Å². The Hall–Kier alpha value is -2.42. The lowest BCUT2D eigenvalue weighted by Gasteiger charge is -1.92. The summed E-state index contributed by atoms with van der Waals surface area (Å²) >= 11 is 0. The molecule has 0 aliphatic carbocycles. The highest BCUT2D eigenvalue weighted by Gasteiger charge is 2.07. The quantitative estimate of drug-likeness (QED) is 0.667. The maximum atomic E-state index is 5.33. The van der Waals surface area contributed by atoms with Gasteiger partial charge in [0, 0.05) is 29.6 Å². The van der Waals surface area contributed by atoms with Crippen LogP contribution < -0.4 is 0 Å². The van der Waals surface area contributed by atoms with E-state index in [9.17, 15) is 0 Å². The minimum absolute atomic E-state index is 0.756. The predicted molar refractivity (Wildman–Crippen MR) is 65.2 cm³/mol. The van der Waals surface area contributed by atoms with Gasteiger partial charge in [-0.1, -0.05) is 35.5 Å². The third-order valence-corrected chi connectivity index (χ3v) is 2.54. The van der Waals surface area contributed by atoms with Crippen LogP contribution >= 0.6 is 0 Å². The summed E-state index contributed by atoms with van der Waals surface area (Å²) in [7, 11) is 0. The Bertz CT molecular complexity index is 548. The van der Waals surface area contributed by atoms with Crippen LogP contribution in [0.1, 0.15) is 0 Å². The highest BCUT2D eigenvalue weighted by molar-refractivity contribution is 5.66. The molecule has 3 rings (SSSR count). The number of rotatable bonds is 2. The molecular weight excluding hydrogens is 212 g/mol. The van der Waals surface area contributed by atoms with Gasteiger partial charge in [0.25, 0.3) is 0 Å². The van der Waals surface area contributed by atoms with E-state index >= 15 is 0 Å². The number of pyridine rings is 1. The summed E-state index contributed by atoms with van der Waals surface area (Å²) in [6.45, 7) is 0. The summed E-state index contributed by atoms with van der Waals surface area (Å²) in [6, 6.07) is 15.7. The fraction of sp³-hybridized carbons (Fsp3) is 0. The van der Waals surface area contributed by atoms with E-state index in [4.69, 9.17) is 4.52 Å². The lowest BCUT2D eigenvalue weighted by Crippen LogP contribution is -1.74. The molecule has 82 valence electrons. The summed E-state index contributed by atoms with van der Waals surface area (Å²) < 4.78 is 5.33. The average Bonchev–Trinajstić information content (AvgIpc) is 2.90. The molecule has 0 amide bonds. The first-order valence-electron chi connectivity index (χ1n) is 5.36. The van der Waals surface area contributed by atoms with Crippen LogP contribution in [-0.2, 0) is 0 Å². The molecule has 0 aliphatic rings. The standard InChI is InChI=1S/C14H10N2O/c1-2-4-11(5-3-1)13-10-14(17-16-13)12-6-8-15-9-7-12/h1-10H. The monoisotopic (exact) mass is 222 g/mol. The summed E-state index contributed by atoms with van der Waals surface area (Å²) in [5.74, 6) is 0.756. The van der Waals surface area contributed by atoms with Crippen molar-refractivity contribution in [3.8, 4) is 22.6 Å². The van der Waals surface area contributed by atoms with Gasteiger partial charge >= 0.3 is 0 Å². The van der Waals surface area contributed by atoms with Gasteiger partial charge in [0.05, 0.1) is 0 Å². The van der Waals surface area contributed by atoms with Crippen molar-refractivity contribution in [2.24, 2.45) is 0 Å². The normalized spacial score (nSPS) is 10.4. The van der Waals surface area contributed by atoms with Crippen molar-refractivity contribution in [1.82, 2.24) is 10.1 Å². The van der Waals surface area contributed by atoms with Crippen molar-refractivity contribution in [3.05, 3.63) is 60.9 Å². The van der Waals surface area contributed by atoms with E-state index in [1.165, 1.54) is 0 Å². The maximum absolute atomic E-state index is 5.33. The second-order valence-electron chi connectivity index (χ2n) is 3.68. The first-order valence-corrected chi connectivity index (χ1v) is 5.36. The van der Waals surface area contributed by atoms with Gasteiger partial charge in [-0.05, 0) is 12.1 Å². The molecule has 0 fully saturated rings. The molecule has 0 bridgehead atoms. The summed E-state index contributed by atoms with van der Waals surface area (Å²) in [5, 5.41) is 4.07. The molecule has 0 radical (unpaired) electrons. The SMILES string of the molecule is c1ccc(-c2cc(-c3ccncc3)on2)cc1. The van der Waals surface area contributed by atoms with Crippen LogP contribution in [0, 0.1) is 0 Å². The van der Waals surface area contributed by atoms with Crippen LogP contribution in [0.4, 0.5) is 0 Å². The molecule has 3 nitrogen and oxygen atoms in total. The average molecular weight is 222 g/mol. The zero-order valence-electron chi connectivity index (χ0n) is 9.08. The number of benzene rings is 1. The molecule has 2 heterocycles. The molecule has 0 spiro atoms. The van der Waals surface area contributed by atoms with Gasteiger partial charge in [-0.2, -0.15) is 0 Å². The minimum atomic E-state index is 0.756. The van der Waals surface area contributed by atoms with Crippen molar-refractivity contribution in [1.29, 1.82) is 0 Å². The minimum Gasteiger partial charge on any atom is -0.356 e. The summed E-state index contributed by atoms with van der Waals surface area (Å²) in [4.78, 5) is 3.97. The number of hydrogen-bond acceptors (Lipinski definition) is 3. The molecule has 3 aromatic rings. The van der Waals surface area contributed by atoms with Crippen LogP contribution in [0.15, 0.2) is 65.4 Å². The molecule has 2 aromatic heterocycles. The largest absolute Gasteiger partial charge is 0.356 e. The van der Waals surface area contributed by atoms with Crippen molar-refractivity contribution >= 4 is 0 Å². The summed E-state index contributed by atoms with van der Waals surface area (Å²) in [5.41, 5.74) is 2.88. The van der Waals surface area contributed by atoms with Gasteiger partial charge < -0.3 is 4.52 Å². The fourth-order valence-electron chi connectivity index (χ4n) is 1.67. The van der Waals surface area contributed by atoms with Crippen LogP contribution in [0.5, 0.6) is 0 Å². The van der Waals surface area contributed by atoms with Gasteiger partial charge in [-0.3, -0.25) is 4.98 Å². The van der Waals surface area contributed by atoms with Crippen molar-refractivity contribution < 1.29 is 4.52 Å². The third kappa shape index (κ3) is 1.95. The van der Waals surface area contributed by atoms with Crippen LogP contribution in [-0.4, -0.2) is 10.1 Å². The fourth-order valence-corrected chi connectivity index (χ4v) is 1.67. The van der Waals surface area contributed by atoms with Crippen LogP contribution in [0.25, 0.3) is 22.6 Å². The highest BCUT2D eigenvalue weighted by Crippen LogP contribution is 2.25. The third-order valence-electron chi connectivity index (χ3n) is 2.54. The Morgan fingerprint density at radius 1 is 0.824 bits per heavy atom. The van der Waals surface area contributed by atoms with Gasteiger partial charge in [-0.15, -0.1) is 0 Å². The van der Waals surface area contributed by atoms with Crippen molar-refractivity contribution in [2.75, 3.05) is 0 Å². The van der Waals surface area contributed by atoms with Gasteiger partial charge in [-0.25, -0.2) is 0 Å². The van der Waals surface area contributed by atoms with Gasteiger partial charge in [0.1, 0.15) is 5.69 Å². The topological polar surface area (TPSA) is 38.9 Å². The van der Waals surface area contributed by atoms with E-state index < -0.39 is 0 Å². The van der Waals surface area contributed by atoms with Crippen molar-refractivity contribution in [3.63, 3.8) is 0 Å². The smallest absolute Gasteiger partial charge is 0.167 e. The van der Waals surface area contributed by atoms with E-state index in [0.717, 1.165) is 22.6 Å². The second-order valence-corrected chi connectivity index (χ2v) is 3.68. The highest BCUT2D eigenvalue weighted by atomic mass is 16.5. The Balaban J connectivity index is 1.99. The molecule has 0 atom stereocenters. The van der Waals surface area contributed by atoms with Crippen LogP contribution in [0.3, 0.4) is 0 Å². The molecule has 0 saturated carbocycles. The Morgan fingerprint density at radius 2 is 1.59 bits per heavy atom. The van der Waals surface area contributed by atoms with E-state index in [2.05, 4.69) is 10.1 Å². The maximum Gasteiger partial charge on any atom is 0.167 e. The summed E-state index contributed by atoms with van der Waals surface area (Å²) in [6.07, 6.45) is 3.47. The molecule has 0 N–H and O–H groups in total. The number of hydrogen-bond donors (Lipinski definition) is 0. The Kier molecular flexibility index (Phi) is 2.43. The zero-order valence-corrected chi connectivity index (χ0v) is 9.08. The molecule has 0 aliphatic heterocycles. The molecule has 3 heteroatoms. The molecule has 1 aromatic carbocycles. The van der Waals surface area contributed by atoms with E-state index in [0.29, 0.717) is 0 Å². The lowest BCUT2D eigenvalue weighted by molar-refractivity contribution is 0.435. The van der Waals surface area contributed by atoms with Gasteiger partial charge in [0.2, 0.25) is 0 Å². The van der Waals surface area contributed by atoms with E-state index in [1.54, 1.807) is 12.4 Å². The van der Waals surface area contributed by atoms with E-state index in [-0.39, 0.29) is 0 Å². The molecule has 17 heavy (non-hydrogen) atoms. The van der Waals surface area contributed by atoms with E-state index in [1.807, 2.05) is 48.5 Å². The number of nitrogens with zero attached hydrogens (tertiary/aromatic N) is 2. The lowest BCUT2D eigenvalue weighted by atomic mass is 10.1. The molecular formula is C14H10N2O. The first kappa shape index (κ1) is 9.78.